The van der Waals surface area contributed by atoms with Gasteiger partial charge in [-0.15, -0.1) is 0 Å². The molecule has 1 N–H and O–H groups in total. The van der Waals surface area contributed by atoms with Gasteiger partial charge < -0.3 is 15.1 Å². The molecule has 0 saturated carbocycles. The lowest BCUT2D eigenvalue weighted by Gasteiger charge is -2.32. The maximum atomic E-state index is 11.9. The van der Waals surface area contributed by atoms with E-state index in [1.54, 1.807) is 0 Å². The van der Waals surface area contributed by atoms with E-state index in [1.807, 2.05) is 24.3 Å². The number of hydrogen-bond acceptors (Lipinski definition) is 3. The third kappa shape index (κ3) is 6.46. The maximum Gasteiger partial charge on any atom is 0.224 e. The van der Waals surface area contributed by atoms with Gasteiger partial charge in [-0.1, -0.05) is 28.1 Å². The molecule has 1 aliphatic rings. The molecule has 0 aliphatic carbocycles. The van der Waals surface area contributed by atoms with Crippen molar-refractivity contribution in [3.8, 4) is 0 Å². The Morgan fingerprint density at radius 3 is 2.50 bits per heavy atom. The van der Waals surface area contributed by atoms with Crippen LogP contribution < -0.4 is 5.32 Å². The smallest absolute Gasteiger partial charge is 0.224 e. The summed E-state index contributed by atoms with van der Waals surface area (Å²) in [4.78, 5) is 16.8. The zero-order chi connectivity index (χ0) is 15.8. The van der Waals surface area contributed by atoms with Crippen LogP contribution in [-0.2, 0) is 11.2 Å². The van der Waals surface area contributed by atoms with Crippen LogP contribution in [0, 0.1) is 0 Å². The number of nitrogens with one attached hydrogen (secondary N) is 1. The fraction of sp³-hybridized carbons (Fsp3) is 0.588. The minimum atomic E-state index is 0.113. The van der Waals surface area contributed by atoms with E-state index in [2.05, 4.69) is 38.1 Å². The fourth-order valence-corrected chi connectivity index (χ4v) is 2.87. The Labute approximate surface area is 142 Å². The molecule has 0 aromatic heterocycles. The lowest BCUT2D eigenvalue weighted by atomic mass is 10.1. The molecule has 1 aliphatic heterocycles. The van der Waals surface area contributed by atoms with E-state index >= 15 is 0 Å². The van der Waals surface area contributed by atoms with Crippen molar-refractivity contribution in [1.82, 2.24) is 15.1 Å². The summed E-state index contributed by atoms with van der Waals surface area (Å²) in [6, 6.07) is 7.91. The van der Waals surface area contributed by atoms with Crippen molar-refractivity contribution in [2.24, 2.45) is 0 Å². The first-order valence-electron chi connectivity index (χ1n) is 8.05. The van der Waals surface area contributed by atoms with E-state index in [-0.39, 0.29) is 5.91 Å². The van der Waals surface area contributed by atoms with Crippen LogP contribution in [0.1, 0.15) is 18.4 Å². The molecule has 0 bridgehead atoms. The first-order valence-corrected chi connectivity index (χ1v) is 8.85. The first-order chi connectivity index (χ1) is 10.6. The molecule has 1 fully saturated rings. The van der Waals surface area contributed by atoms with Crippen LogP contribution in [0.15, 0.2) is 28.7 Å². The molecular formula is C17H26BrN3O. The van der Waals surface area contributed by atoms with Crippen molar-refractivity contribution in [3.05, 3.63) is 34.3 Å². The summed E-state index contributed by atoms with van der Waals surface area (Å²) in [6.45, 7) is 6.62. The topological polar surface area (TPSA) is 35.6 Å². The highest BCUT2D eigenvalue weighted by Gasteiger charge is 2.12. The number of unbranched alkanes of at least 4 members (excludes halogenated alkanes) is 1. The van der Waals surface area contributed by atoms with Gasteiger partial charge in [0.15, 0.2) is 0 Å². The van der Waals surface area contributed by atoms with Gasteiger partial charge in [-0.25, -0.2) is 0 Å². The number of carbonyl (C=O) groups is 1. The third-order valence-electron chi connectivity index (χ3n) is 4.10. The molecule has 5 heteroatoms. The lowest BCUT2D eigenvalue weighted by molar-refractivity contribution is -0.120. The predicted octanol–water partition coefficient (Wildman–Crippen LogP) is 2.14. The van der Waals surface area contributed by atoms with E-state index < -0.39 is 0 Å². The van der Waals surface area contributed by atoms with Crippen molar-refractivity contribution in [3.63, 3.8) is 0 Å². The van der Waals surface area contributed by atoms with E-state index in [9.17, 15) is 4.79 Å². The van der Waals surface area contributed by atoms with Crippen LogP contribution in [0.3, 0.4) is 0 Å². The second-order valence-electron chi connectivity index (χ2n) is 6.01. The number of carbonyl (C=O) groups excluding carboxylic acids is 1. The summed E-state index contributed by atoms with van der Waals surface area (Å²) in [7, 11) is 2.18. The quantitative estimate of drug-likeness (QED) is 0.749. The zero-order valence-electron chi connectivity index (χ0n) is 13.4. The Bertz CT molecular complexity index is 455. The van der Waals surface area contributed by atoms with Crippen LogP contribution in [0.2, 0.25) is 0 Å². The van der Waals surface area contributed by atoms with Crippen molar-refractivity contribution in [1.29, 1.82) is 0 Å². The van der Waals surface area contributed by atoms with Crippen molar-refractivity contribution < 1.29 is 4.79 Å². The monoisotopic (exact) mass is 367 g/mol. The normalized spacial score (nSPS) is 16.6. The standard InChI is InChI=1S/C17H26BrN3O/c1-20-10-12-21(13-11-20)9-3-2-8-19-17(22)14-15-4-6-16(18)7-5-15/h4-7H,2-3,8-14H2,1H3,(H,19,22). The Morgan fingerprint density at radius 1 is 1.14 bits per heavy atom. The Kier molecular flexibility index (Phi) is 7.36. The lowest BCUT2D eigenvalue weighted by Crippen LogP contribution is -2.44. The average Bonchev–Trinajstić information content (AvgIpc) is 2.51. The van der Waals surface area contributed by atoms with E-state index in [0.717, 1.165) is 36.0 Å². The van der Waals surface area contributed by atoms with Gasteiger partial charge in [-0.05, 0) is 44.1 Å². The van der Waals surface area contributed by atoms with Crippen LogP contribution >= 0.6 is 15.9 Å². The highest BCUT2D eigenvalue weighted by atomic mass is 79.9. The van der Waals surface area contributed by atoms with Crippen LogP contribution in [0.4, 0.5) is 0 Å². The minimum absolute atomic E-state index is 0.113. The van der Waals surface area contributed by atoms with Gasteiger partial charge in [0.2, 0.25) is 5.91 Å². The molecule has 1 amide bonds. The summed E-state index contributed by atoms with van der Waals surface area (Å²) in [5, 5.41) is 3.01. The summed E-state index contributed by atoms with van der Waals surface area (Å²) in [6.07, 6.45) is 2.67. The van der Waals surface area contributed by atoms with Crippen LogP contribution in [0.25, 0.3) is 0 Å². The largest absolute Gasteiger partial charge is 0.356 e. The summed E-state index contributed by atoms with van der Waals surface area (Å²) in [5.74, 6) is 0.113. The molecule has 1 aromatic carbocycles. The van der Waals surface area contributed by atoms with Crippen LogP contribution in [-0.4, -0.2) is 62.0 Å². The van der Waals surface area contributed by atoms with Gasteiger partial charge >= 0.3 is 0 Å². The summed E-state index contributed by atoms with van der Waals surface area (Å²) >= 11 is 3.40. The highest BCUT2D eigenvalue weighted by molar-refractivity contribution is 9.10. The molecule has 0 unspecified atom stereocenters. The average molecular weight is 368 g/mol. The van der Waals surface area contributed by atoms with Crippen molar-refractivity contribution in [2.45, 2.75) is 19.3 Å². The molecule has 0 radical (unpaired) electrons. The molecule has 22 heavy (non-hydrogen) atoms. The number of benzene rings is 1. The molecule has 1 saturated heterocycles. The van der Waals surface area contributed by atoms with Crippen LogP contribution in [0.5, 0.6) is 0 Å². The highest BCUT2D eigenvalue weighted by Crippen LogP contribution is 2.10. The SMILES string of the molecule is CN1CCN(CCCCNC(=O)Cc2ccc(Br)cc2)CC1. The van der Waals surface area contributed by atoms with Gasteiger partial charge in [-0.2, -0.15) is 0 Å². The number of rotatable bonds is 7. The molecule has 1 aromatic rings. The van der Waals surface area contributed by atoms with Gasteiger partial charge in [0.25, 0.3) is 0 Å². The molecule has 2 rings (SSSR count). The predicted molar refractivity (Wildman–Crippen MR) is 94.0 cm³/mol. The number of nitrogens with zero attached hydrogens (tertiary/aromatic N) is 2. The molecular weight excluding hydrogens is 342 g/mol. The third-order valence-corrected chi connectivity index (χ3v) is 4.63. The number of amides is 1. The number of hydrogen-bond donors (Lipinski definition) is 1. The Morgan fingerprint density at radius 2 is 1.82 bits per heavy atom. The van der Waals surface area contributed by atoms with E-state index in [1.165, 1.54) is 26.2 Å². The fourth-order valence-electron chi connectivity index (χ4n) is 2.61. The van der Waals surface area contributed by atoms with Gasteiger partial charge in [-0.3, -0.25) is 4.79 Å². The molecule has 122 valence electrons. The Balaban J connectivity index is 1.53. The minimum Gasteiger partial charge on any atom is -0.356 e. The van der Waals surface area contributed by atoms with Crippen molar-refractivity contribution in [2.75, 3.05) is 46.3 Å². The van der Waals surface area contributed by atoms with Gasteiger partial charge in [0, 0.05) is 37.2 Å². The second kappa shape index (κ2) is 9.28. The molecule has 0 spiro atoms. The summed E-state index contributed by atoms with van der Waals surface area (Å²) in [5.41, 5.74) is 1.05. The molecule has 1 heterocycles. The first kappa shape index (κ1) is 17.4. The summed E-state index contributed by atoms with van der Waals surface area (Å²) < 4.78 is 1.04. The molecule has 0 atom stereocenters. The Hall–Kier alpha value is -0.910. The molecule has 4 nitrogen and oxygen atoms in total. The number of likely N-dealkylation sites (N-methyl/N-ethyl adjacent to an activating group) is 1. The maximum absolute atomic E-state index is 11.9. The van der Waals surface area contributed by atoms with E-state index in [0.29, 0.717) is 6.42 Å². The van der Waals surface area contributed by atoms with Gasteiger partial charge in [0.1, 0.15) is 0 Å². The van der Waals surface area contributed by atoms with E-state index in [4.69, 9.17) is 0 Å². The van der Waals surface area contributed by atoms with Gasteiger partial charge in [0.05, 0.1) is 6.42 Å². The number of halogens is 1. The van der Waals surface area contributed by atoms with Crippen molar-refractivity contribution >= 4 is 21.8 Å². The number of piperazine rings is 1. The second-order valence-corrected chi connectivity index (χ2v) is 6.92. The zero-order valence-corrected chi connectivity index (χ0v) is 14.9.